The molecule has 2 rings (SSSR count). The van der Waals surface area contributed by atoms with Gasteiger partial charge in [-0.1, -0.05) is 42.5 Å². The maximum Gasteiger partial charge on any atom is 0.235 e. The molecule has 0 aromatic heterocycles. The van der Waals surface area contributed by atoms with Gasteiger partial charge in [0.25, 0.3) is 0 Å². The molecule has 0 aliphatic rings. The summed E-state index contributed by atoms with van der Waals surface area (Å²) in [5.41, 5.74) is 1.87. The van der Waals surface area contributed by atoms with E-state index < -0.39 is 10.0 Å². The summed E-state index contributed by atoms with van der Waals surface area (Å²) in [5, 5.41) is 2.77. The molecule has 0 bridgehead atoms. The predicted octanol–water partition coefficient (Wildman–Crippen LogP) is 1.82. The monoisotopic (exact) mass is 376 g/mol. The fourth-order valence-corrected chi connectivity index (χ4v) is 3.20. The maximum atomic E-state index is 12.2. The molecule has 0 radical (unpaired) electrons. The Morgan fingerprint density at radius 2 is 1.77 bits per heavy atom. The summed E-state index contributed by atoms with van der Waals surface area (Å²) in [6.07, 6.45) is 1.75. The lowest BCUT2D eigenvalue weighted by atomic mass is 10.1. The number of carbonyl (C=O) groups excluding carboxylic acids is 1. The first kappa shape index (κ1) is 19.9. The zero-order valence-electron chi connectivity index (χ0n) is 15.0. The molecule has 1 N–H and O–H groups in total. The quantitative estimate of drug-likeness (QED) is 0.724. The summed E-state index contributed by atoms with van der Waals surface area (Å²) in [6, 6.07) is 16.8. The second-order valence-electron chi connectivity index (χ2n) is 5.97. The number of nitrogens with zero attached hydrogens (tertiary/aromatic N) is 1. The molecular weight excluding hydrogens is 352 g/mol. The molecule has 2 aromatic rings. The Labute approximate surface area is 154 Å². The standard InChI is InChI=1S/C19H24N2O4S/c1-25-18-10-6-9-16(13-18)11-12-20-19(22)15-21(26(2,23)24)14-17-7-4-3-5-8-17/h3-10,13H,11-12,14-15H2,1-2H3,(H,20,22). The highest BCUT2D eigenvalue weighted by atomic mass is 32.2. The molecule has 26 heavy (non-hydrogen) atoms. The van der Waals surface area contributed by atoms with Crippen molar-refractivity contribution in [2.24, 2.45) is 0 Å². The van der Waals surface area contributed by atoms with E-state index in [0.717, 1.165) is 23.1 Å². The molecule has 0 unspecified atom stereocenters. The lowest BCUT2D eigenvalue weighted by Crippen LogP contribution is -2.40. The lowest BCUT2D eigenvalue weighted by molar-refractivity contribution is -0.121. The number of amides is 1. The third kappa shape index (κ3) is 6.50. The summed E-state index contributed by atoms with van der Waals surface area (Å²) < 4.78 is 30.3. The number of hydrogen-bond donors (Lipinski definition) is 1. The molecule has 7 heteroatoms. The van der Waals surface area contributed by atoms with Crippen LogP contribution in [0.3, 0.4) is 0 Å². The van der Waals surface area contributed by atoms with Crippen molar-refractivity contribution in [3.8, 4) is 5.75 Å². The number of carbonyl (C=O) groups is 1. The van der Waals surface area contributed by atoms with E-state index in [1.807, 2.05) is 54.6 Å². The third-order valence-corrected chi connectivity index (χ3v) is 5.06. The highest BCUT2D eigenvalue weighted by molar-refractivity contribution is 7.88. The fourth-order valence-electron chi connectivity index (χ4n) is 2.47. The molecule has 0 saturated heterocycles. The predicted molar refractivity (Wildman–Crippen MR) is 101 cm³/mol. The normalized spacial score (nSPS) is 11.3. The van der Waals surface area contributed by atoms with Crippen LogP contribution in [0.5, 0.6) is 5.75 Å². The van der Waals surface area contributed by atoms with Crippen LogP contribution >= 0.6 is 0 Å². The van der Waals surface area contributed by atoms with Crippen LogP contribution in [0.15, 0.2) is 54.6 Å². The van der Waals surface area contributed by atoms with Crippen LogP contribution in [0.1, 0.15) is 11.1 Å². The number of benzene rings is 2. The van der Waals surface area contributed by atoms with Gasteiger partial charge in [0.15, 0.2) is 0 Å². The van der Waals surface area contributed by atoms with Gasteiger partial charge in [-0.05, 0) is 29.7 Å². The van der Waals surface area contributed by atoms with Crippen LogP contribution in [0, 0.1) is 0 Å². The average Bonchev–Trinajstić information content (AvgIpc) is 2.61. The van der Waals surface area contributed by atoms with E-state index >= 15 is 0 Å². The Morgan fingerprint density at radius 3 is 2.42 bits per heavy atom. The van der Waals surface area contributed by atoms with Crippen molar-refractivity contribution in [1.82, 2.24) is 9.62 Å². The number of sulfonamides is 1. The van der Waals surface area contributed by atoms with Gasteiger partial charge in [-0.2, -0.15) is 4.31 Å². The molecule has 0 spiro atoms. The van der Waals surface area contributed by atoms with Crippen molar-refractivity contribution in [2.75, 3.05) is 26.5 Å². The van der Waals surface area contributed by atoms with Crippen LogP contribution in [0.25, 0.3) is 0 Å². The third-order valence-electron chi connectivity index (χ3n) is 3.86. The van der Waals surface area contributed by atoms with Crippen molar-refractivity contribution < 1.29 is 17.9 Å². The second-order valence-corrected chi connectivity index (χ2v) is 7.95. The largest absolute Gasteiger partial charge is 0.497 e. The van der Waals surface area contributed by atoms with Gasteiger partial charge >= 0.3 is 0 Å². The van der Waals surface area contributed by atoms with Gasteiger partial charge in [-0.25, -0.2) is 8.42 Å². The van der Waals surface area contributed by atoms with Crippen molar-refractivity contribution >= 4 is 15.9 Å². The van der Waals surface area contributed by atoms with Gasteiger partial charge < -0.3 is 10.1 Å². The Bertz CT molecular complexity index is 822. The van der Waals surface area contributed by atoms with E-state index in [4.69, 9.17) is 4.74 Å². The SMILES string of the molecule is COc1cccc(CCNC(=O)CN(Cc2ccccc2)S(C)(=O)=O)c1. The zero-order valence-corrected chi connectivity index (χ0v) is 15.8. The second kappa shape index (κ2) is 9.35. The Hall–Kier alpha value is -2.38. The highest BCUT2D eigenvalue weighted by Gasteiger charge is 2.20. The van der Waals surface area contributed by atoms with Crippen LogP contribution in [-0.2, 0) is 27.8 Å². The zero-order chi connectivity index (χ0) is 19.0. The number of methoxy groups -OCH3 is 1. The number of nitrogens with one attached hydrogen (secondary N) is 1. The minimum Gasteiger partial charge on any atom is -0.497 e. The molecule has 0 aliphatic heterocycles. The van der Waals surface area contributed by atoms with Gasteiger partial charge in [0, 0.05) is 13.1 Å². The van der Waals surface area contributed by atoms with E-state index in [1.54, 1.807) is 7.11 Å². The van der Waals surface area contributed by atoms with Gasteiger partial charge in [0.1, 0.15) is 5.75 Å². The van der Waals surface area contributed by atoms with E-state index in [0.29, 0.717) is 13.0 Å². The fraction of sp³-hybridized carbons (Fsp3) is 0.316. The van der Waals surface area contributed by atoms with Gasteiger partial charge in [-0.15, -0.1) is 0 Å². The Balaban J connectivity index is 1.88. The van der Waals surface area contributed by atoms with Crippen LogP contribution < -0.4 is 10.1 Å². The lowest BCUT2D eigenvalue weighted by Gasteiger charge is -2.19. The molecule has 0 atom stereocenters. The molecular formula is C19H24N2O4S. The van der Waals surface area contributed by atoms with Gasteiger partial charge in [0.05, 0.1) is 19.9 Å². The first-order valence-electron chi connectivity index (χ1n) is 8.27. The minimum absolute atomic E-state index is 0.170. The van der Waals surface area contributed by atoms with Gasteiger partial charge in [-0.3, -0.25) is 4.79 Å². The summed E-state index contributed by atoms with van der Waals surface area (Å²) in [7, 11) is -1.88. The van der Waals surface area contributed by atoms with Crippen molar-refractivity contribution in [1.29, 1.82) is 0 Å². The molecule has 0 fully saturated rings. The van der Waals surface area contributed by atoms with E-state index in [2.05, 4.69) is 5.32 Å². The smallest absolute Gasteiger partial charge is 0.235 e. The summed E-state index contributed by atoms with van der Waals surface area (Å²) in [4.78, 5) is 12.2. The molecule has 6 nitrogen and oxygen atoms in total. The van der Waals surface area contributed by atoms with E-state index in [-0.39, 0.29) is 19.0 Å². The number of ether oxygens (including phenoxy) is 1. The van der Waals surface area contributed by atoms with E-state index in [1.165, 1.54) is 4.31 Å². The molecule has 0 heterocycles. The topological polar surface area (TPSA) is 75.7 Å². The molecule has 0 aliphatic carbocycles. The first-order valence-corrected chi connectivity index (χ1v) is 10.1. The highest BCUT2D eigenvalue weighted by Crippen LogP contribution is 2.12. The molecule has 1 amide bonds. The summed E-state index contributed by atoms with van der Waals surface area (Å²) in [6.45, 7) is 0.393. The summed E-state index contributed by atoms with van der Waals surface area (Å²) in [5.74, 6) is 0.439. The van der Waals surface area contributed by atoms with E-state index in [9.17, 15) is 13.2 Å². The average molecular weight is 376 g/mol. The van der Waals surface area contributed by atoms with Crippen molar-refractivity contribution in [2.45, 2.75) is 13.0 Å². The van der Waals surface area contributed by atoms with Gasteiger partial charge in [0.2, 0.25) is 15.9 Å². The van der Waals surface area contributed by atoms with Crippen molar-refractivity contribution in [3.05, 3.63) is 65.7 Å². The Morgan fingerprint density at radius 1 is 1.08 bits per heavy atom. The minimum atomic E-state index is -3.49. The summed E-state index contributed by atoms with van der Waals surface area (Å²) >= 11 is 0. The molecule has 0 saturated carbocycles. The van der Waals surface area contributed by atoms with Crippen LogP contribution in [-0.4, -0.2) is 45.1 Å². The Kier molecular flexibility index (Phi) is 7.17. The number of hydrogen-bond acceptors (Lipinski definition) is 4. The number of rotatable bonds is 9. The molecule has 2 aromatic carbocycles. The molecule has 140 valence electrons. The van der Waals surface area contributed by atoms with Crippen molar-refractivity contribution in [3.63, 3.8) is 0 Å². The van der Waals surface area contributed by atoms with Crippen LogP contribution in [0.2, 0.25) is 0 Å². The van der Waals surface area contributed by atoms with Crippen LogP contribution in [0.4, 0.5) is 0 Å². The first-order chi connectivity index (χ1) is 12.4. The maximum absolute atomic E-state index is 12.2.